The number of aromatic amines is 1. The Bertz CT molecular complexity index is 1340. The fraction of sp³-hybridized carbons (Fsp3) is 0.174. The van der Waals surface area contributed by atoms with Crippen LogP contribution in [0.25, 0.3) is 11.1 Å². The van der Waals surface area contributed by atoms with Gasteiger partial charge in [-0.05, 0) is 48.9 Å². The van der Waals surface area contributed by atoms with Crippen LogP contribution >= 0.6 is 11.6 Å². The number of hydrogen-bond acceptors (Lipinski definition) is 6. The Morgan fingerprint density at radius 2 is 1.90 bits per heavy atom. The Labute approximate surface area is 182 Å². The SMILES string of the molecule is COc1ccc(C2CC(c3c(C)oc4nc[nH]c(=O)c34)=NN2c2ccc(Cl)cc2)cc1. The molecular weight excluding hydrogens is 416 g/mol. The van der Waals surface area contributed by atoms with Gasteiger partial charge >= 0.3 is 0 Å². The van der Waals surface area contributed by atoms with E-state index in [0.29, 0.717) is 33.9 Å². The number of nitrogens with one attached hydrogen (secondary N) is 1. The molecule has 4 aromatic rings. The number of ether oxygens (including phenoxy) is 1. The van der Waals surface area contributed by atoms with Crippen molar-refractivity contribution in [2.24, 2.45) is 5.10 Å². The monoisotopic (exact) mass is 434 g/mol. The summed E-state index contributed by atoms with van der Waals surface area (Å²) in [4.78, 5) is 19.3. The van der Waals surface area contributed by atoms with Gasteiger partial charge in [-0.1, -0.05) is 23.7 Å². The Morgan fingerprint density at radius 3 is 2.61 bits per heavy atom. The zero-order chi connectivity index (χ0) is 21.5. The Hall–Kier alpha value is -3.58. The standard InChI is InChI=1S/C23H19ClN4O3/c1-13-20(21-22(29)25-12-26-23(21)31-13)18-11-19(14-3-9-17(30-2)10-4-14)28(27-18)16-7-5-15(24)6-8-16/h3-10,12,19H,11H2,1-2H3,(H,25,26,29). The molecule has 156 valence electrons. The summed E-state index contributed by atoms with van der Waals surface area (Å²) in [6.07, 6.45) is 1.94. The van der Waals surface area contributed by atoms with Crippen LogP contribution in [0.5, 0.6) is 5.75 Å². The molecule has 0 radical (unpaired) electrons. The first kappa shape index (κ1) is 19.4. The number of aromatic nitrogens is 2. The maximum Gasteiger partial charge on any atom is 0.262 e. The molecule has 1 N–H and O–H groups in total. The van der Waals surface area contributed by atoms with Gasteiger partial charge in [0.1, 0.15) is 16.9 Å². The lowest BCUT2D eigenvalue weighted by molar-refractivity contribution is 0.414. The highest BCUT2D eigenvalue weighted by molar-refractivity contribution is 6.30. The summed E-state index contributed by atoms with van der Waals surface area (Å²) >= 11 is 6.09. The molecule has 31 heavy (non-hydrogen) atoms. The maximum absolute atomic E-state index is 12.5. The summed E-state index contributed by atoms with van der Waals surface area (Å²) in [6, 6.07) is 15.4. The number of methoxy groups -OCH3 is 1. The van der Waals surface area contributed by atoms with Crippen LogP contribution in [0.15, 0.2) is 69.2 Å². The van der Waals surface area contributed by atoms with Crippen molar-refractivity contribution in [3.8, 4) is 5.75 Å². The van der Waals surface area contributed by atoms with Crippen molar-refractivity contribution in [2.45, 2.75) is 19.4 Å². The van der Waals surface area contributed by atoms with Crippen LogP contribution in [0.1, 0.15) is 29.3 Å². The third-order valence-corrected chi connectivity index (χ3v) is 5.71. The van der Waals surface area contributed by atoms with Crippen molar-refractivity contribution >= 4 is 34.1 Å². The quantitative estimate of drug-likeness (QED) is 0.496. The summed E-state index contributed by atoms with van der Waals surface area (Å²) in [7, 11) is 1.64. The van der Waals surface area contributed by atoms with Gasteiger partial charge in [-0.3, -0.25) is 9.80 Å². The molecule has 1 aliphatic rings. The summed E-state index contributed by atoms with van der Waals surface area (Å²) < 4.78 is 11.1. The zero-order valence-corrected chi connectivity index (χ0v) is 17.7. The van der Waals surface area contributed by atoms with E-state index in [1.165, 1.54) is 6.33 Å². The second-order valence-corrected chi connectivity index (χ2v) is 7.74. The molecule has 2 aromatic heterocycles. The van der Waals surface area contributed by atoms with Crippen LogP contribution in [0.3, 0.4) is 0 Å². The van der Waals surface area contributed by atoms with Gasteiger partial charge in [0.2, 0.25) is 5.71 Å². The number of hydrazone groups is 1. The van der Waals surface area contributed by atoms with E-state index in [1.807, 2.05) is 60.5 Å². The Kier molecular flexibility index (Phi) is 4.75. The predicted octanol–water partition coefficient (Wildman–Crippen LogP) is 4.84. The van der Waals surface area contributed by atoms with Gasteiger partial charge < -0.3 is 14.1 Å². The zero-order valence-electron chi connectivity index (χ0n) is 16.9. The molecular formula is C23H19ClN4O3. The van der Waals surface area contributed by atoms with E-state index >= 15 is 0 Å². The molecule has 3 heterocycles. The molecule has 2 aromatic carbocycles. The van der Waals surface area contributed by atoms with Crippen molar-refractivity contribution in [1.29, 1.82) is 0 Å². The van der Waals surface area contributed by atoms with E-state index in [-0.39, 0.29) is 11.6 Å². The fourth-order valence-electron chi connectivity index (χ4n) is 3.98. The first-order valence-electron chi connectivity index (χ1n) is 9.78. The summed E-state index contributed by atoms with van der Waals surface area (Å²) in [5, 5.41) is 7.95. The second kappa shape index (κ2) is 7.59. The highest BCUT2D eigenvalue weighted by Gasteiger charge is 2.33. The number of halogens is 1. The fourth-order valence-corrected chi connectivity index (χ4v) is 4.11. The van der Waals surface area contributed by atoms with Crippen molar-refractivity contribution in [3.05, 3.63) is 87.1 Å². The third-order valence-electron chi connectivity index (χ3n) is 5.46. The average Bonchev–Trinajstić information content (AvgIpc) is 3.36. The van der Waals surface area contributed by atoms with E-state index in [2.05, 4.69) is 9.97 Å². The molecule has 0 spiro atoms. The minimum Gasteiger partial charge on any atom is -0.497 e. The number of furan rings is 1. The number of benzene rings is 2. The Balaban J connectivity index is 1.64. The maximum atomic E-state index is 12.5. The number of aryl methyl sites for hydroxylation is 1. The van der Waals surface area contributed by atoms with Crippen LogP contribution in [-0.2, 0) is 0 Å². The second-order valence-electron chi connectivity index (χ2n) is 7.31. The Morgan fingerprint density at radius 1 is 1.16 bits per heavy atom. The highest BCUT2D eigenvalue weighted by atomic mass is 35.5. The van der Waals surface area contributed by atoms with Crippen LogP contribution in [0.4, 0.5) is 5.69 Å². The molecule has 8 heteroatoms. The molecule has 0 saturated carbocycles. The van der Waals surface area contributed by atoms with E-state index in [4.69, 9.17) is 25.9 Å². The van der Waals surface area contributed by atoms with Crippen molar-refractivity contribution in [1.82, 2.24) is 9.97 Å². The number of rotatable bonds is 4. The van der Waals surface area contributed by atoms with Crippen molar-refractivity contribution in [3.63, 3.8) is 0 Å². The molecule has 1 atom stereocenters. The lowest BCUT2D eigenvalue weighted by Crippen LogP contribution is -2.18. The lowest BCUT2D eigenvalue weighted by Gasteiger charge is -2.24. The van der Waals surface area contributed by atoms with E-state index < -0.39 is 0 Å². The van der Waals surface area contributed by atoms with Crippen molar-refractivity contribution < 1.29 is 9.15 Å². The van der Waals surface area contributed by atoms with Crippen LogP contribution in [0.2, 0.25) is 5.02 Å². The van der Waals surface area contributed by atoms with Crippen LogP contribution in [-0.4, -0.2) is 22.8 Å². The minimum absolute atomic E-state index is 0.0674. The van der Waals surface area contributed by atoms with Gasteiger partial charge in [-0.2, -0.15) is 5.10 Å². The highest BCUT2D eigenvalue weighted by Crippen LogP contribution is 2.39. The number of fused-ring (bicyclic) bond motifs is 1. The van der Waals surface area contributed by atoms with Crippen molar-refractivity contribution in [2.75, 3.05) is 12.1 Å². The first-order valence-corrected chi connectivity index (χ1v) is 10.2. The largest absolute Gasteiger partial charge is 0.497 e. The van der Waals surface area contributed by atoms with Gasteiger partial charge in [-0.15, -0.1) is 0 Å². The van der Waals surface area contributed by atoms with Gasteiger partial charge in [-0.25, -0.2) is 4.98 Å². The lowest BCUT2D eigenvalue weighted by atomic mass is 9.97. The van der Waals surface area contributed by atoms with E-state index in [9.17, 15) is 4.79 Å². The summed E-state index contributed by atoms with van der Waals surface area (Å²) in [5.74, 6) is 1.40. The first-order chi connectivity index (χ1) is 15.0. The molecule has 7 nitrogen and oxygen atoms in total. The molecule has 5 rings (SSSR count). The molecule has 0 bridgehead atoms. The molecule has 1 unspecified atom stereocenters. The number of H-pyrrole nitrogens is 1. The topological polar surface area (TPSA) is 83.7 Å². The van der Waals surface area contributed by atoms with E-state index in [0.717, 1.165) is 22.7 Å². The predicted molar refractivity (Wildman–Crippen MR) is 120 cm³/mol. The van der Waals surface area contributed by atoms with Gasteiger partial charge in [0, 0.05) is 11.4 Å². The molecule has 0 amide bonds. The van der Waals surface area contributed by atoms with Crippen LogP contribution < -0.4 is 15.3 Å². The smallest absolute Gasteiger partial charge is 0.262 e. The third kappa shape index (κ3) is 3.37. The molecule has 0 aliphatic carbocycles. The molecule has 0 saturated heterocycles. The number of anilines is 1. The molecule has 0 fully saturated rings. The molecule has 1 aliphatic heterocycles. The number of nitrogens with zero attached hydrogens (tertiary/aromatic N) is 3. The summed E-state index contributed by atoms with van der Waals surface area (Å²) in [5.41, 5.74) is 3.50. The van der Waals surface area contributed by atoms with Gasteiger partial charge in [0.25, 0.3) is 5.56 Å². The minimum atomic E-state index is -0.245. The van der Waals surface area contributed by atoms with Gasteiger partial charge in [0.15, 0.2) is 0 Å². The van der Waals surface area contributed by atoms with Crippen LogP contribution in [0, 0.1) is 6.92 Å². The number of hydrogen-bond donors (Lipinski definition) is 1. The van der Waals surface area contributed by atoms with E-state index in [1.54, 1.807) is 7.11 Å². The average molecular weight is 435 g/mol. The van der Waals surface area contributed by atoms with Gasteiger partial charge in [0.05, 0.1) is 36.4 Å². The normalized spacial score (nSPS) is 16.0. The summed E-state index contributed by atoms with van der Waals surface area (Å²) in [6.45, 7) is 1.83.